The van der Waals surface area contributed by atoms with Crippen LogP contribution in [0.4, 0.5) is 0 Å². The molecule has 7 heteroatoms. The van der Waals surface area contributed by atoms with E-state index < -0.39 is 10.0 Å². The van der Waals surface area contributed by atoms with Crippen LogP contribution in [0, 0.1) is 6.92 Å². The lowest BCUT2D eigenvalue weighted by atomic mass is 10.2. The van der Waals surface area contributed by atoms with Crippen molar-refractivity contribution in [1.82, 2.24) is 9.62 Å². The average molecular weight is 388 g/mol. The van der Waals surface area contributed by atoms with Gasteiger partial charge in [0.25, 0.3) is 0 Å². The summed E-state index contributed by atoms with van der Waals surface area (Å²) >= 11 is 0. The fourth-order valence-electron chi connectivity index (χ4n) is 2.80. The molecule has 1 N–H and O–H groups in total. The third-order valence-electron chi connectivity index (χ3n) is 4.40. The van der Waals surface area contributed by atoms with Crippen molar-refractivity contribution < 1.29 is 17.9 Å². The van der Waals surface area contributed by atoms with Gasteiger partial charge in [-0.25, -0.2) is 8.42 Å². The number of nitrogens with one attached hydrogen (secondary N) is 1. The highest BCUT2D eigenvalue weighted by Gasteiger charge is 2.31. The van der Waals surface area contributed by atoms with Gasteiger partial charge in [0, 0.05) is 12.6 Å². The monoisotopic (exact) mass is 388 g/mol. The highest BCUT2D eigenvalue weighted by Crippen LogP contribution is 2.29. The molecule has 0 unspecified atom stereocenters. The van der Waals surface area contributed by atoms with Gasteiger partial charge in [0.15, 0.2) is 0 Å². The Morgan fingerprint density at radius 3 is 2.52 bits per heavy atom. The van der Waals surface area contributed by atoms with E-state index in [1.54, 1.807) is 18.2 Å². The number of hydrogen-bond acceptors (Lipinski definition) is 4. The molecule has 1 fully saturated rings. The first-order valence-corrected chi connectivity index (χ1v) is 10.3. The van der Waals surface area contributed by atoms with Gasteiger partial charge in [0.2, 0.25) is 15.9 Å². The summed E-state index contributed by atoms with van der Waals surface area (Å²) in [7, 11) is -2.49. The maximum atomic E-state index is 13.4. The molecule has 0 atom stereocenters. The van der Waals surface area contributed by atoms with E-state index in [2.05, 4.69) is 5.32 Å². The first-order chi connectivity index (χ1) is 12.9. The van der Waals surface area contributed by atoms with Gasteiger partial charge in [-0.15, -0.1) is 0 Å². The molecule has 1 amide bonds. The Morgan fingerprint density at radius 2 is 1.89 bits per heavy atom. The minimum atomic E-state index is -3.93. The van der Waals surface area contributed by atoms with Crippen molar-refractivity contribution in [3.8, 4) is 5.75 Å². The van der Waals surface area contributed by atoms with Gasteiger partial charge in [-0.2, -0.15) is 4.31 Å². The second kappa shape index (κ2) is 8.10. The lowest BCUT2D eigenvalue weighted by molar-refractivity contribution is -0.121. The Labute approximate surface area is 160 Å². The molecule has 0 aromatic heterocycles. The van der Waals surface area contributed by atoms with E-state index in [0.29, 0.717) is 0 Å². The molecule has 0 radical (unpaired) electrons. The number of benzene rings is 2. The molecule has 0 saturated heterocycles. The fourth-order valence-corrected chi connectivity index (χ4v) is 4.42. The smallest absolute Gasteiger partial charge is 0.247 e. The maximum absolute atomic E-state index is 13.4. The van der Waals surface area contributed by atoms with Crippen LogP contribution < -0.4 is 10.1 Å². The lowest BCUT2D eigenvalue weighted by Gasteiger charge is -2.23. The zero-order valence-electron chi connectivity index (χ0n) is 15.5. The Kier molecular flexibility index (Phi) is 5.82. The summed E-state index contributed by atoms with van der Waals surface area (Å²) in [6, 6.07) is 14.4. The average Bonchev–Trinajstić information content (AvgIpc) is 3.46. The summed E-state index contributed by atoms with van der Waals surface area (Å²) in [6.07, 6.45) is 1.89. The summed E-state index contributed by atoms with van der Waals surface area (Å²) in [5.41, 5.74) is 1.61. The van der Waals surface area contributed by atoms with Crippen molar-refractivity contribution in [3.05, 3.63) is 59.7 Å². The Balaban J connectivity index is 1.94. The molecule has 0 aliphatic heterocycles. The molecular formula is C20H24N2O4S. The zero-order chi connectivity index (χ0) is 19.4. The molecule has 1 aliphatic rings. The summed E-state index contributed by atoms with van der Waals surface area (Å²) in [6.45, 7) is 1.70. The minimum Gasteiger partial charge on any atom is -0.495 e. The third-order valence-corrected chi connectivity index (χ3v) is 6.21. The number of amides is 1. The topological polar surface area (TPSA) is 75.7 Å². The van der Waals surface area contributed by atoms with Crippen LogP contribution in [0.1, 0.15) is 24.0 Å². The molecular weight excluding hydrogens is 364 g/mol. The standard InChI is InChI=1S/C20H24N2O4S/c1-15-8-11-18(26-2)19(12-15)27(24,25)22(13-16-6-4-3-5-7-16)14-20(23)21-17-9-10-17/h3-8,11-12,17H,9-10,13-14H2,1-2H3,(H,21,23). The van der Waals surface area contributed by atoms with Gasteiger partial charge >= 0.3 is 0 Å². The largest absolute Gasteiger partial charge is 0.495 e. The normalized spacial score (nSPS) is 14.2. The van der Waals surface area contributed by atoms with Crippen LogP contribution in [0.15, 0.2) is 53.4 Å². The van der Waals surface area contributed by atoms with E-state index in [9.17, 15) is 13.2 Å². The lowest BCUT2D eigenvalue weighted by Crippen LogP contribution is -2.41. The molecule has 1 saturated carbocycles. The summed E-state index contributed by atoms with van der Waals surface area (Å²) in [5, 5.41) is 2.86. The predicted octanol–water partition coefficient (Wildman–Crippen LogP) is 2.47. The number of aryl methyl sites for hydroxylation is 1. The van der Waals surface area contributed by atoms with Crippen LogP contribution in [0.2, 0.25) is 0 Å². The zero-order valence-corrected chi connectivity index (χ0v) is 16.3. The van der Waals surface area contributed by atoms with Crippen LogP contribution in [0.3, 0.4) is 0 Å². The Hall–Kier alpha value is -2.38. The number of methoxy groups -OCH3 is 1. The highest BCUT2D eigenvalue weighted by atomic mass is 32.2. The van der Waals surface area contributed by atoms with Crippen molar-refractivity contribution in [1.29, 1.82) is 0 Å². The van der Waals surface area contributed by atoms with Gasteiger partial charge in [-0.05, 0) is 43.0 Å². The van der Waals surface area contributed by atoms with E-state index in [0.717, 1.165) is 24.0 Å². The molecule has 6 nitrogen and oxygen atoms in total. The van der Waals surface area contributed by atoms with E-state index >= 15 is 0 Å². The number of nitrogens with zero attached hydrogens (tertiary/aromatic N) is 1. The van der Waals surface area contributed by atoms with E-state index in [-0.39, 0.29) is 35.7 Å². The van der Waals surface area contributed by atoms with Gasteiger partial charge in [-0.3, -0.25) is 4.79 Å². The fraction of sp³-hybridized carbons (Fsp3) is 0.350. The van der Waals surface area contributed by atoms with Crippen LogP contribution in [0.5, 0.6) is 5.75 Å². The third kappa shape index (κ3) is 4.87. The molecule has 144 valence electrons. The number of hydrogen-bond donors (Lipinski definition) is 1. The second-order valence-corrected chi connectivity index (χ2v) is 8.66. The number of carbonyl (C=O) groups excluding carboxylic acids is 1. The van der Waals surface area contributed by atoms with Crippen molar-refractivity contribution in [2.45, 2.75) is 37.2 Å². The van der Waals surface area contributed by atoms with E-state index in [4.69, 9.17) is 4.74 Å². The van der Waals surface area contributed by atoms with Crippen LogP contribution in [-0.2, 0) is 21.4 Å². The molecule has 27 heavy (non-hydrogen) atoms. The van der Waals surface area contributed by atoms with Crippen molar-refractivity contribution in [2.75, 3.05) is 13.7 Å². The van der Waals surface area contributed by atoms with Gasteiger partial charge in [0.05, 0.1) is 13.7 Å². The highest BCUT2D eigenvalue weighted by molar-refractivity contribution is 7.89. The van der Waals surface area contributed by atoms with E-state index in [1.807, 2.05) is 37.3 Å². The van der Waals surface area contributed by atoms with Gasteiger partial charge < -0.3 is 10.1 Å². The Bertz CT molecular complexity index is 909. The van der Waals surface area contributed by atoms with Gasteiger partial charge in [0.1, 0.15) is 10.6 Å². The summed E-state index contributed by atoms with van der Waals surface area (Å²) in [5.74, 6) is -0.0233. The number of rotatable bonds is 8. The SMILES string of the molecule is COc1ccc(C)cc1S(=O)(=O)N(CC(=O)NC1CC1)Cc1ccccc1. The number of sulfonamides is 1. The molecule has 2 aromatic carbocycles. The number of carbonyl (C=O) groups is 1. The minimum absolute atomic E-state index is 0.0696. The molecule has 3 rings (SSSR count). The first kappa shape index (κ1) is 19.4. The summed E-state index contributed by atoms with van der Waals surface area (Å²) in [4.78, 5) is 12.4. The second-order valence-electron chi connectivity index (χ2n) is 6.75. The van der Waals surface area contributed by atoms with Gasteiger partial charge in [-0.1, -0.05) is 36.4 Å². The van der Waals surface area contributed by atoms with E-state index in [1.165, 1.54) is 11.4 Å². The van der Waals surface area contributed by atoms with Crippen molar-refractivity contribution in [3.63, 3.8) is 0 Å². The molecule has 1 aliphatic carbocycles. The van der Waals surface area contributed by atoms with Crippen molar-refractivity contribution >= 4 is 15.9 Å². The van der Waals surface area contributed by atoms with Crippen LogP contribution >= 0.6 is 0 Å². The van der Waals surface area contributed by atoms with Crippen LogP contribution in [0.25, 0.3) is 0 Å². The van der Waals surface area contributed by atoms with Crippen molar-refractivity contribution in [2.24, 2.45) is 0 Å². The molecule has 2 aromatic rings. The molecule has 0 spiro atoms. The quantitative estimate of drug-likeness (QED) is 0.754. The Morgan fingerprint density at radius 1 is 1.19 bits per heavy atom. The number of ether oxygens (including phenoxy) is 1. The first-order valence-electron chi connectivity index (χ1n) is 8.88. The summed E-state index contributed by atoms with van der Waals surface area (Å²) < 4.78 is 33.2. The molecule has 0 heterocycles. The maximum Gasteiger partial charge on any atom is 0.247 e. The van der Waals surface area contributed by atoms with Crippen LogP contribution in [-0.4, -0.2) is 38.3 Å². The molecule has 0 bridgehead atoms. The predicted molar refractivity (Wildman–Crippen MR) is 103 cm³/mol.